The number of hydrogen-bond donors (Lipinski definition) is 1. The number of ether oxygens (including phenoxy) is 2. The molecular weight excluding hydrogens is 414 g/mol. The van der Waals surface area contributed by atoms with Gasteiger partial charge in [-0.25, -0.2) is 4.79 Å². The molecule has 1 unspecified atom stereocenters. The van der Waals surface area contributed by atoms with Gasteiger partial charge in [-0.05, 0) is 32.4 Å². The molecule has 1 aromatic carbocycles. The summed E-state index contributed by atoms with van der Waals surface area (Å²) in [5.74, 6) is -1.05. The normalized spacial score (nSPS) is 18.4. The minimum Gasteiger partial charge on any atom is -0.421 e. The number of thiazole rings is 1. The Morgan fingerprint density at radius 3 is 2.55 bits per heavy atom. The average Bonchev–Trinajstić information content (AvgIpc) is 2.95. The summed E-state index contributed by atoms with van der Waals surface area (Å²) in [5, 5.41) is 2.75. The zero-order chi connectivity index (χ0) is 21.4. The number of benzene rings is 1. The first-order valence-electron chi connectivity index (χ1n) is 8.85. The third-order valence-electron chi connectivity index (χ3n) is 4.08. The van der Waals surface area contributed by atoms with Crippen molar-refractivity contribution in [2.45, 2.75) is 51.9 Å². The Kier molecular flexibility index (Phi) is 5.61. The van der Waals surface area contributed by atoms with Gasteiger partial charge in [-0.15, -0.1) is 11.3 Å². The summed E-state index contributed by atoms with van der Waals surface area (Å²) < 4.78 is 63.3. The van der Waals surface area contributed by atoms with E-state index in [9.17, 15) is 22.4 Å². The lowest BCUT2D eigenvalue weighted by atomic mass is 10.2. The van der Waals surface area contributed by atoms with E-state index in [4.69, 9.17) is 0 Å². The molecule has 2 aromatic rings. The number of rotatable bonds is 4. The second kappa shape index (κ2) is 7.69. The molecule has 11 heteroatoms. The molecule has 1 atom stereocenters. The maximum atomic E-state index is 13.5. The van der Waals surface area contributed by atoms with Crippen molar-refractivity contribution in [3.8, 4) is 17.2 Å². The Balaban J connectivity index is 1.95. The molecule has 1 N–H and O–H groups in total. The van der Waals surface area contributed by atoms with E-state index in [1.807, 2.05) is 13.8 Å². The Labute approximate surface area is 167 Å². The molecule has 2 amide bonds. The van der Waals surface area contributed by atoms with Crippen molar-refractivity contribution in [1.29, 1.82) is 0 Å². The van der Waals surface area contributed by atoms with Crippen molar-refractivity contribution in [2.24, 2.45) is 4.99 Å². The largest absolute Gasteiger partial charge is 0.507 e. The van der Waals surface area contributed by atoms with Crippen LogP contribution in [-0.2, 0) is 0 Å². The van der Waals surface area contributed by atoms with Gasteiger partial charge in [-0.1, -0.05) is 13.3 Å². The lowest BCUT2D eigenvalue weighted by Gasteiger charge is -2.31. The molecule has 1 aromatic heterocycles. The highest BCUT2D eigenvalue weighted by Crippen LogP contribution is 2.47. The number of carbonyl (C=O) groups is 1. The van der Waals surface area contributed by atoms with Crippen molar-refractivity contribution in [1.82, 2.24) is 9.88 Å². The van der Waals surface area contributed by atoms with Crippen molar-refractivity contribution >= 4 is 17.4 Å². The summed E-state index contributed by atoms with van der Waals surface area (Å²) in [6, 6.07) is 3.02. The molecule has 0 saturated heterocycles. The highest BCUT2D eigenvalue weighted by atomic mass is 32.1. The van der Waals surface area contributed by atoms with E-state index >= 15 is 0 Å². The maximum absolute atomic E-state index is 13.5. The average molecular weight is 433 g/mol. The van der Waals surface area contributed by atoms with E-state index < -0.39 is 29.7 Å². The first kappa shape index (κ1) is 21.2. The number of urea groups is 1. The molecule has 0 aliphatic carbocycles. The van der Waals surface area contributed by atoms with E-state index in [1.165, 1.54) is 22.0 Å². The van der Waals surface area contributed by atoms with Crippen LogP contribution < -0.4 is 19.6 Å². The van der Waals surface area contributed by atoms with E-state index in [1.54, 1.807) is 13.1 Å². The Hall–Kier alpha value is -2.56. The Morgan fingerprint density at radius 2 is 1.90 bits per heavy atom. The van der Waals surface area contributed by atoms with Gasteiger partial charge in [0.15, 0.2) is 16.3 Å². The number of fused-ring (bicyclic) bond motifs is 1. The number of hydrogen-bond acceptors (Lipinski definition) is 4. The standard InChI is InChI=1S/C18H19F4N3O3S/c1-4-5-10(2)23-15(26)24-16-25(9-11(3)29-16)12-6-7-13-14(8-12)28-18(21,22)17(19,20)27-13/h6-10H,4-5H2,1-3H3,(H,23,26). The molecule has 158 valence electrons. The summed E-state index contributed by atoms with van der Waals surface area (Å²) in [4.78, 5) is 17.3. The molecule has 0 bridgehead atoms. The van der Waals surface area contributed by atoms with E-state index in [0.29, 0.717) is 5.69 Å². The van der Waals surface area contributed by atoms with Crippen LogP contribution in [0.4, 0.5) is 22.4 Å². The quantitative estimate of drug-likeness (QED) is 0.717. The molecule has 0 spiro atoms. The number of carbonyl (C=O) groups excluding carboxylic acids is 1. The second-order valence-corrected chi connectivity index (χ2v) is 7.83. The van der Waals surface area contributed by atoms with Gasteiger partial charge < -0.3 is 14.8 Å². The van der Waals surface area contributed by atoms with E-state index in [0.717, 1.165) is 29.9 Å². The molecule has 2 heterocycles. The summed E-state index contributed by atoms with van der Waals surface area (Å²) in [5.41, 5.74) is 0.297. The van der Waals surface area contributed by atoms with Crippen LogP contribution >= 0.6 is 11.3 Å². The third-order valence-corrected chi connectivity index (χ3v) is 4.98. The first-order chi connectivity index (χ1) is 13.5. The molecule has 29 heavy (non-hydrogen) atoms. The number of nitrogens with zero attached hydrogens (tertiary/aromatic N) is 2. The number of aromatic nitrogens is 1. The van der Waals surface area contributed by atoms with E-state index in [2.05, 4.69) is 19.8 Å². The summed E-state index contributed by atoms with van der Waals surface area (Å²) >= 11 is 1.21. The number of amides is 2. The van der Waals surface area contributed by atoms with Gasteiger partial charge >= 0.3 is 18.2 Å². The lowest BCUT2D eigenvalue weighted by molar-refractivity contribution is -0.391. The topological polar surface area (TPSA) is 64.9 Å². The van der Waals surface area contributed by atoms with Crippen molar-refractivity contribution in [3.05, 3.63) is 34.1 Å². The SMILES string of the molecule is CCCC(C)NC(=O)N=c1sc(C)cn1-c1ccc2c(c1)OC(F)(F)C(F)(F)O2. The third kappa shape index (κ3) is 4.39. The molecule has 6 nitrogen and oxygen atoms in total. The summed E-state index contributed by atoms with van der Waals surface area (Å²) in [6.45, 7) is 5.64. The van der Waals surface area contributed by atoms with Crippen LogP contribution in [0.2, 0.25) is 0 Å². The molecule has 0 saturated carbocycles. The highest BCUT2D eigenvalue weighted by Gasteiger charge is 2.65. The van der Waals surface area contributed by atoms with Gasteiger partial charge in [-0.2, -0.15) is 22.6 Å². The summed E-state index contributed by atoms with van der Waals surface area (Å²) in [6.07, 6.45) is -6.24. The zero-order valence-electron chi connectivity index (χ0n) is 15.8. The highest BCUT2D eigenvalue weighted by molar-refractivity contribution is 7.09. The van der Waals surface area contributed by atoms with Crippen molar-refractivity contribution in [3.63, 3.8) is 0 Å². The van der Waals surface area contributed by atoms with Gasteiger partial charge in [-0.3, -0.25) is 4.57 Å². The minimum absolute atomic E-state index is 0.0519. The van der Waals surface area contributed by atoms with Crippen LogP contribution in [0.3, 0.4) is 0 Å². The van der Waals surface area contributed by atoms with Gasteiger partial charge in [0.1, 0.15) is 0 Å². The van der Waals surface area contributed by atoms with Crippen LogP contribution in [0, 0.1) is 6.92 Å². The van der Waals surface area contributed by atoms with Crippen LogP contribution in [0.5, 0.6) is 11.5 Å². The van der Waals surface area contributed by atoms with Crippen molar-refractivity contribution < 1.29 is 31.8 Å². The van der Waals surface area contributed by atoms with Crippen LogP contribution in [0.1, 0.15) is 31.6 Å². The fourth-order valence-electron chi connectivity index (χ4n) is 2.76. The molecule has 1 aliphatic heterocycles. The zero-order valence-corrected chi connectivity index (χ0v) is 16.7. The maximum Gasteiger partial charge on any atom is 0.507 e. The predicted octanol–water partition coefficient (Wildman–Crippen LogP) is 4.60. The fraction of sp³-hybridized carbons (Fsp3) is 0.444. The van der Waals surface area contributed by atoms with Crippen LogP contribution in [0.25, 0.3) is 5.69 Å². The predicted molar refractivity (Wildman–Crippen MR) is 98.0 cm³/mol. The van der Waals surface area contributed by atoms with E-state index in [-0.39, 0.29) is 10.8 Å². The molecule has 1 aliphatic rings. The van der Waals surface area contributed by atoms with Gasteiger partial charge in [0, 0.05) is 23.2 Å². The molecule has 0 radical (unpaired) electrons. The van der Waals surface area contributed by atoms with Gasteiger partial charge in [0.25, 0.3) is 0 Å². The number of aryl methyl sites for hydroxylation is 1. The monoisotopic (exact) mass is 433 g/mol. The lowest BCUT2D eigenvalue weighted by Crippen LogP contribution is -2.52. The van der Waals surface area contributed by atoms with Crippen LogP contribution in [0.15, 0.2) is 29.4 Å². The molecule has 0 fully saturated rings. The number of alkyl halides is 4. The molecule has 3 rings (SSSR count). The number of halogens is 4. The fourth-order valence-corrected chi connectivity index (χ4v) is 3.59. The Morgan fingerprint density at radius 1 is 1.24 bits per heavy atom. The second-order valence-electron chi connectivity index (χ2n) is 6.61. The van der Waals surface area contributed by atoms with Gasteiger partial charge in [0.05, 0.1) is 5.69 Å². The Bertz CT molecular complexity index is 987. The number of nitrogens with one attached hydrogen (secondary N) is 1. The molecular formula is C18H19F4N3O3S. The van der Waals surface area contributed by atoms with Crippen molar-refractivity contribution in [2.75, 3.05) is 0 Å². The van der Waals surface area contributed by atoms with Gasteiger partial charge in [0.2, 0.25) is 0 Å². The van der Waals surface area contributed by atoms with Crippen LogP contribution in [-0.4, -0.2) is 28.9 Å². The first-order valence-corrected chi connectivity index (χ1v) is 9.66. The minimum atomic E-state index is -4.81. The smallest absolute Gasteiger partial charge is 0.421 e. The summed E-state index contributed by atoms with van der Waals surface area (Å²) in [7, 11) is 0.